The van der Waals surface area contributed by atoms with Crippen molar-refractivity contribution in [1.82, 2.24) is 5.32 Å². The normalized spacial score (nSPS) is 26.7. The van der Waals surface area contributed by atoms with Crippen LogP contribution in [-0.4, -0.2) is 34.7 Å². The summed E-state index contributed by atoms with van der Waals surface area (Å²) in [5, 5.41) is 10.7. The minimum atomic E-state index is -3.22. The number of hydrogen-bond donors (Lipinski definition) is 2. The average molecular weight is 265 g/mol. The quantitative estimate of drug-likeness (QED) is 0.800. The summed E-state index contributed by atoms with van der Waals surface area (Å²) in [6.07, 6.45) is -2.01. The van der Waals surface area contributed by atoms with Crippen LogP contribution in [0.15, 0.2) is 0 Å². The summed E-state index contributed by atoms with van der Waals surface area (Å²) in [4.78, 5) is 22.0. The van der Waals surface area contributed by atoms with Crippen molar-refractivity contribution in [1.29, 1.82) is 0 Å². The summed E-state index contributed by atoms with van der Waals surface area (Å²) in [5.41, 5.74) is -0.788. The molecule has 0 heterocycles. The van der Waals surface area contributed by atoms with Crippen molar-refractivity contribution >= 4 is 12.1 Å². The van der Waals surface area contributed by atoms with Gasteiger partial charge in [-0.05, 0) is 27.2 Å². The molecule has 1 aliphatic carbocycles. The zero-order chi connectivity index (χ0) is 14.1. The Morgan fingerprint density at radius 2 is 1.94 bits per heavy atom. The number of alkyl carbamates (subject to hydrolysis) is 1. The number of rotatable bonds is 2. The first-order chi connectivity index (χ1) is 8.01. The van der Waals surface area contributed by atoms with Crippen molar-refractivity contribution in [2.75, 3.05) is 0 Å². The van der Waals surface area contributed by atoms with Crippen LogP contribution in [0.3, 0.4) is 0 Å². The van der Waals surface area contributed by atoms with E-state index in [9.17, 15) is 18.4 Å². The average Bonchev–Trinajstić information content (AvgIpc) is 2.38. The maximum atomic E-state index is 13.5. The predicted octanol–water partition coefficient (Wildman–Crippen LogP) is 2.01. The summed E-state index contributed by atoms with van der Waals surface area (Å²) in [6.45, 7) is 4.83. The van der Waals surface area contributed by atoms with Gasteiger partial charge in [-0.3, -0.25) is 4.79 Å². The Morgan fingerprint density at radius 3 is 2.33 bits per heavy atom. The zero-order valence-corrected chi connectivity index (χ0v) is 10.5. The van der Waals surface area contributed by atoms with E-state index in [-0.39, 0.29) is 6.42 Å². The largest absolute Gasteiger partial charge is 0.481 e. The first kappa shape index (κ1) is 14.7. The fourth-order valence-electron chi connectivity index (χ4n) is 1.81. The van der Waals surface area contributed by atoms with Gasteiger partial charge < -0.3 is 15.2 Å². The van der Waals surface area contributed by atoms with Crippen LogP contribution in [-0.2, 0) is 9.53 Å². The highest BCUT2D eigenvalue weighted by atomic mass is 19.3. The molecule has 1 rings (SSSR count). The molecule has 5 nitrogen and oxygen atoms in total. The monoisotopic (exact) mass is 265 g/mol. The molecule has 0 spiro atoms. The standard InChI is InChI=1S/C11H17F2NO4/c1-10(2,3)18-9(17)14-7-4-6(8(15)16)5-11(7,12)13/h6-7H,4-5H2,1-3H3,(H,14,17)(H,15,16)/t6-,7-/m1/s1. The van der Waals surface area contributed by atoms with Gasteiger partial charge in [0.1, 0.15) is 5.60 Å². The van der Waals surface area contributed by atoms with E-state index in [1.165, 1.54) is 0 Å². The molecule has 0 aromatic heterocycles. The lowest BCUT2D eigenvalue weighted by Gasteiger charge is -2.24. The fraction of sp³-hybridized carbons (Fsp3) is 0.818. The van der Waals surface area contributed by atoms with Crippen LogP contribution in [0.4, 0.5) is 13.6 Å². The number of halogens is 2. The molecule has 18 heavy (non-hydrogen) atoms. The first-order valence-corrected chi connectivity index (χ1v) is 5.61. The maximum absolute atomic E-state index is 13.5. The van der Waals surface area contributed by atoms with E-state index >= 15 is 0 Å². The molecule has 0 bridgehead atoms. The third kappa shape index (κ3) is 3.82. The van der Waals surface area contributed by atoms with Gasteiger partial charge in [0.25, 0.3) is 5.92 Å². The molecule has 0 unspecified atom stereocenters. The van der Waals surface area contributed by atoms with Crippen LogP contribution in [0.2, 0.25) is 0 Å². The number of aliphatic carboxylic acids is 1. The van der Waals surface area contributed by atoms with E-state index < -0.39 is 42.0 Å². The van der Waals surface area contributed by atoms with Crippen LogP contribution in [0.5, 0.6) is 0 Å². The van der Waals surface area contributed by atoms with Crippen molar-refractivity contribution in [2.24, 2.45) is 5.92 Å². The van der Waals surface area contributed by atoms with Gasteiger partial charge in [0.2, 0.25) is 0 Å². The molecule has 1 fully saturated rings. The number of nitrogens with one attached hydrogen (secondary N) is 1. The van der Waals surface area contributed by atoms with E-state index in [4.69, 9.17) is 9.84 Å². The number of carboxylic acid groups (broad SMARTS) is 1. The molecular weight excluding hydrogens is 248 g/mol. The molecule has 1 amide bonds. The minimum absolute atomic E-state index is 0.290. The van der Waals surface area contributed by atoms with Gasteiger partial charge in [-0.1, -0.05) is 0 Å². The van der Waals surface area contributed by atoms with Crippen molar-refractivity contribution in [3.8, 4) is 0 Å². The molecule has 1 saturated carbocycles. The Morgan fingerprint density at radius 1 is 1.39 bits per heavy atom. The zero-order valence-electron chi connectivity index (χ0n) is 10.5. The molecule has 0 radical (unpaired) electrons. The van der Waals surface area contributed by atoms with E-state index in [1.54, 1.807) is 20.8 Å². The summed E-state index contributed by atoms with van der Waals surface area (Å²) in [5.74, 6) is -5.64. The Kier molecular flexibility index (Phi) is 3.83. The van der Waals surface area contributed by atoms with E-state index in [0.717, 1.165) is 0 Å². The number of hydrogen-bond acceptors (Lipinski definition) is 3. The van der Waals surface area contributed by atoms with E-state index in [1.807, 2.05) is 5.32 Å². The molecule has 104 valence electrons. The van der Waals surface area contributed by atoms with Crippen molar-refractivity contribution in [3.63, 3.8) is 0 Å². The third-order valence-electron chi connectivity index (χ3n) is 2.59. The number of alkyl halides is 2. The fourth-order valence-corrected chi connectivity index (χ4v) is 1.81. The van der Waals surface area contributed by atoms with Crippen molar-refractivity contribution in [2.45, 2.75) is 51.2 Å². The molecule has 2 N–H and O–H groups in total. The van der Waals surface area contributed by atoms with Gasteiger partial charge in [-0.2, -0.15) is 0 Å². The predicted molar refractivity (Wildman–Crippen MR) is 58.5 cm³/mol. The Bertz CT molecular complexity index is 351. The SMILES string of the molecule is CC(C)(C)OC(=O)N[C@@H]1C[C@@H](C(=O)O)CC1(F)F. The smallest absolute Gasteiger partial charge is 0.408 e. The summed E-state index contributed by atoms with van der Waals surface area (Å²) >= 11 is 0. The third-order valence-corrected chi connectivity index (χ3v) is 2.59. The Hall–Kier alpha value is -1.40. The van der Waals surface area contributed by atoms with Crippen LogP contribution < -0.4 is 5.32 Å². The molecule has 0 aliphatic heterocycles. The van der Waals surface area contributed by atoms with Crippen LogP contribution in [0, 0.1) is 5.92 Å². The Balaban J connectivity index is 2.62. The highest BCUT2D eigenvalue weighted by Gasteiger charge is 2.52. The molecule has 0 saturated heterocycles. The van der Waals surface area contributed by atoms with Crippen molar-refractivity contribution in [3.05, 3.63) is 0 Å². The summed E-state index contributed by atoms with van der Waals surface area (Å²) in [7, 11) is 0. The van der Waals surface area contributed by atoms with Crippen molar-refractivity contribution < 1.29 is 28.2 Å². The lowest BCUT2D eigenvalue weighted by molar-refractivity contribution is -0.142. The van der Waals surface area contributed by atoms with Crippen LogP contribution in [0.25, 0.3) is 0 Å². The maximum Gasteiger partial charge on any atom is 0.408 e. The van der Waals surface area contributed by atoms with Crippen LogP contribution >= 0.6 is 0 Å². The number of carboxylic acids is 1. The Labute approximate surface area is 103 Å². The van der Waals surface area contributed by atoms with Gasteiger partial charge in [0.05, 0.1) is 12.0 Å². The van der Waals surface area contributed by atoms with E-state index in [2.05, 4.69) is 0 Å². The highest BCUT2D eigenvalue weighted by Crippen LogP contribution is 2.39. The second-order valence-corrected chi connectivity index (χ2v) is 5.43. The lowest BCUT2D eigenvalue weighted by atomic mass is 10.1. The second-order valence-electron chi connectivity index (χ2n) is 5.43. The van der Waals surface area contributed by atoms with Crippen LogP contribution in [0.1, 0.15) is 33.6 Å². The molecule has 2 atom stereocenters. The summed E-state index contributed by atoms with van der Waals surface area (Å²) in [6, 6.07) is -1.49. The van der Waals surface area contributed by atoms with Gasteiger partial charge in [0, 0.05) is 6.42 Å². The molecule has 0 aromatic carbocycles. The highest BCUT2D eigenvalue weighted by molar-refractivity contribution is 5.72. The number of ether oxygens (including phenoxy) is 1. The van der Waals surface area contributed by atoms with Gasteiger partial charge in [-0.25, -0.2) is 13.6 Å². The summed E-state index contributed by atoms with van der Waals surface area (Å²) < 4.78 is 31.8. The lowest BCUT2D eigenvalue weighted by Crippen LogP contribution is -2.45. The van der Waals surface area contributed by atoms with Gasteiger partial charge in [0.15, 0.2) is 0 Å². The molecule has 7 heteroatoms. The number of carbonyl (C=O) groups excluding carboxylic acids is 1. The van der Waals surface area contributed by atoms with Gasteiger partial charge in [-0.15, -0.1) is 0 Å². The number of carbonyl (C=O) groups is 2. The number of amides is 1. The molecule has 1 aliphatic rings. The van der Waals surface area contributed by atoms with E-state index in [0.29, 0.717) is 0 Å². The first-order valence-electron chi connectivity index (χ1n) is 5.61. The molecule has 0 aromatic rings. The second kappa shape index (κ2) is 4.70. The van der Waals surface area contributed by atoms with Gasteiger partial charge >= 0.3 is 12.1 Å². The topological polar surface area (TPSA) is 75.6 Å². The molecular formula is C11H17F2NO4. The minimum Gasteiger partial charge on any atom is -0.481 e.